The summed E-state index contributed by atoms with van der Waals surface area (Å²) in [6.45, 7) is 8.54. The van der Waals surface area contributed by atoms with Crippen LogP contribution >= 0.6 is 0 Å². The van der Waals surface area contributed by atoms with Crippen LogP contribution in [-0.4, -0.2) is 29.3 Å². The van der Waals surface area contributed by atoms with E-state index in [4.69, 9.17) is 47.2 Å². The molecule has 0 saturated heterocycles. The minimum atomic E-state index is -4.69. The third-order valence-electron chi connectivity index (χ3n) is 5.12. The number of rotatable bonds is 4. The van der Waals surface area contributed by atoms with Crippen LogP contribution in [-0.2, 0) is 12.8 Å². The zero-order chi connectivity index (χ0) is 26.6. The van der Waals surface area contributed by atoms with Gasteiger partial charge in [0, 0.05) is 12.8 Å². The molecule has 0 aliphatic rings. The molecule has 2 heterocycles. The maximum Gasteiger partial charge on any atom is 0.107 e. The lowest BCUT2D eigenvalue weighted by atomic mass is 10.1. The summed E-state index contributed by atoms with van der Waals surface area (Å²) in [5, 5.41) is 0. The van der Waals surface area contributed by atoms with E-state index in [1.54, 1.807) is 0 Å². The Hall–Kier alpha value is -2.36. The fraction of sp³-hybridized carbons (Fsp3) is 0.333. The molecule has 0 unspecified atom stereocenters. The van der Waals surface area contributed by atoms with Crippen molar-refractivity contribution >= 4 is 22.1 Å². The maximum absolute atomic E-state index is 8.60. The number of aromatic nitrogens is 4. The average Bonchev–Trinajstić information content (AvgIpc) is 3.22. The molecule has 2 aromatic heterocycles. The van der Waals surface area contributed by atoms with E-state index in [-0.39, 0.29) is 0 Å². The molecule has 35 heavy (non-hydrogen) atoms. The third kappa shape index (κ3) is 10.4. The zero-order valence-electron chi connectivity index (χ0n) is 19.4. The first-order valence-corrected chi connectivity index (χ1v) is 12.7. The standard InChI is InChI=1S/C21H24N4.2ClHO4/c1-12-8-16-17(9-13(12)2)23-20(22-16)6-5-7-21-24-18-10-14(3)15(4)11-19(18)25-21;2*2-1(3,4)5/h8-11H,5-7H2,1-4H3,(H,22,23)(H,24,25);2*(H,2,3,4,5). The van der Waals surface area contributed by atoms with Crippen molar-refractivity contribution in [3.8, 4) is 0 Å². The van der Waals surface area contributed by atoms with Crippen molar-refractivity contribution in [3.05, 3.63) is 58.2 Å². The van der Waals surface area contributed by atoms with Crippen molar-refractivity contribution in [2.75, 3.05) is 0 Å². The second-order valence-corrected chi connectivity index (χ2v) is 9.50. The van der Waals surface area contributed by atoms with Gasteiger partial charge in [-0.2, -0.15) is 28.0 Å². The molecule has 4 rings (SSSR count). The summed E-state index contributed by atoms with van der Waals surface area (Å²) in [5.41, 5.74) is 9.57. The number of hydrogen-bond acceptors (Lipinski definition) is 10. The number of aromatic amines is 2. The van der Waals surface area contributed by atoms with Crippen molar-refractivity contribution in [1.29, 1.82) is 0 Å². The average molecular weight is 533 g/mol. The summed E-state index contributed by atoms with van der Waals surface area (Å²) in [6.07, 6.45) is 2.89. The third-order valence-corrected chi connectivity index (χ3v) is 5.12. The van der Waals surface area contributed by atoms with E-state index < -0.39 is 20.5 Å². The van der Waals surface area contributed by atoms with Crippen molar-refractivity contribution in [2.24, 2.45) is 0 Å². The molecule has 0 amide bonds. The number of nitrogens with one attached hydrogen (secondary N) is 2. The number of hydrogen-bond donors (Lipinski definition) is 4. The molecule has 0 spiro atoms. The summed E-state index contributed by atoms with van der Waals surface area (Å²) in [4.78, 5) is 16.4. The fourth-order valence-corrected chi connectivity index (χ4v) is 3.30. The molecule has 4 aromatic rings. The highest BCUT2D eigenvalue weighted by Crippen LogP contribution is 2.20. The maximum atomic E-state index is 8.60. The number of nitrogens with zero attached hydrogens (tertiary/aromatic N) is 2. The summed E-state index contributed by atoms with van der Waals surface area (Å²) >= 11 is 0. The highest BCUT2D eigenvalue weighted by molar-refractivity contribution is 5.77. The number of fused-ring (bicyclic) bond motifs is 2. The SMILES string of the molecule is Cc1cc2nc(CCCc3nc4cc(C)c(C)cc4[nH]3)[nH]c2cc1C.[O-][Cl+3]([O-])([O-])O.[O-][Cl+3]([O-])([O-])O. The van der Waals surface area contributed by atoms with Gasteiger partial charge >= 0.3 is 0 Å². The molecule has 4 N–H and O–H groups in total. The molecular weight excluding hydrogens is 507 g/mol. The monoisotopic (exact) mass is 532 g/mol. The molecular formula is C21H26Cl2N4O8. The first-order chi connectivity index (χ1) is 16.0. The van der Waals surface area contributed by atoms with Crippen LogP contribution in [0, 0.1) is 48.2 Å². The van der Waals surface area contributed by atoms with Gasteiger partial charge in [-0.25, -0.2) is 9.97 Å². The second kappa shape index (κ2) is 11.6. The summed E-state index contributed by atoms with van der Waals surface area (Å²) < 4.78 is 65.4. The minimum Gasteiger partial charge on any atom is -0.342 e. The van der Waals surface area contributed by atoms with Gasteiger partial charge in [-0.15, -0.1) is 0 Å². The lowest BCUT2D eigenvalue weighted by Gasteiger charge is -2.03. The van der Waals surface area contributed by atoms with Crippen molar-refractivity contribution in [1.82, 2.24) is 19.9 Å². The van der Waals surface area contributed by atoms with E-state index >= 15 is 0 Å². The van der Waals surface area contributed by atoms with Crippen LogP contribution in [0.2, 0.25) is 0 Å². The van der Waals surface area contributed by atoms with Crippen LogP contribution in [0.5, 0.6) is 0 Å². The van der Waals surface area contributed by atoms with E-state index in [9.17, 15) is 0 Å². The lowest BCUT2D eigenvalue weighted by molar-refractivity contribution is -1.92. The molecule has 12 nitrogen and oxygen atoms in total. The Balaban J connectivity index is 0.000000368. The van der Waals surface area contributed by atoms with Crippen molar-refractivity contribution in [2.45, 2.75) is 47.0 Å². The van der Waals surface area contributed by atoms with E-state index in [2.05, 4.69) is 61.9 Å². The van der Waals surface area contributed by atoms with Crippen LogP contribution in [0.1, 0.15) is 40.3 Å². The van der Waals surface area contributed by atoms with Crippen molar-refractivity contribution in [3.63, 3.8) is 0 Å². The molecule has 192 valence electrons. The Bertz CT molecular complexity index is 1090. The summed E-state index contributed by atoms with van der Waals surface area (Å²) in [7, 11) is -9.39. The molecule has 0 bridgehead atoms. The van der Waals surface area contributed by atoms with E-state index in [0.717, 1.165) is 53.0 Å². The highest BCUT2D eigenvalue weighted by Gasteiger charge is 2.08. The smallest absolute Gasteiger partial charge is 0.107 e. The number of aryl methyl sites for hydroxylation is 6. The number of halogens is 2. The van der Waals surface area contributed by atoms with E-state index in [1.807, 2.05) is 0 Å². The quantitative estimate of drug-likeness (QED) is 0.203. The molecule has 0 saturated carbocycles. The largest absolute Gasteiger partial charge is 0.342 e. The van der Waals surface area contributed by atoms with Gasteiger partial charge in [0.25, 0.3) is 0 Å². The summed E-state index contributed by atoms with van der Waals surface area (Å²) in [6, 6.07) is 8.69. The van der Waals surface area contributed by atoms with E-state index in [1.165, 1.54) is 22.3 Å². The first kappa shape index (κ1) is 28.9. The van der Waals surface area contributed by atoms with Crippen LogP contribution in [0.4, 0.5) is 0 Å². The first-order valence-electron chi connectivity index (χ1n) is 10.2. The van der Waals surface area contributed by atoms with Crippen LogP contribution in [0.15, 0.2) is 24.3 Å². The number of benzene rings is 2. The van der Waals surface area contributed by atoms with Crippen molar-refractivity contribution < 1.29 is 57.8 Å². The topological polar surface area (TPSA) is 236 Å². The number of imidazole rings is 2. The Morgan fingerprint density at radius 3 is 1.23 bits per heavy atom. The molecule has 0 aliphatic carbocycles. The molecule has 0 fully saturated rings. The second-order valence-electron chi connectivity index (χ2n) is 7.92. The molecule has 0 radical (unpaired) electrons. The van der Waals surface area contributed by atoms with Crippen LogP contribution in [0.3, 0.4) is 0 Å². The molecule has 14 heteroatoms. The van der Waals surface area contributed by atoms with Crippen LogP contribution in [0.25, 0.3) is 22.1 Å². The van der Waals surface area contributed by atoms with E-state index in [0.29, 0.717) is 0 Å². The Labute approximate surface area is 205 Å². The Morgan fingerprint density at radius 2 is 0.914 bits per heavy atom. The minimum absolute atomic E-state index is 0.932. The summed E-state index contributed by atoms with van der Waals surface area (Å²) in [5.74, 6) is 2.12. The van der Waals surface area contributed by atoms with Gasteiger partial charge in [0.05, 0.1) is 51.9 Å². The molecule has 0 aliphatic heterocycles. The zero-order valence-corrected chi connectivity index (χ0v) is 20.9. The van der Waals surface area contributed by atoms with Gasteiger partial charge in [-0.05, 0) is 80.6 Å². The predicted octanol–water partition coefficient (Wildman–Crippen LogP) is -3.40. The molecule has 2 aromatic carbocycles. The van der Waals surface area contributed by atoms with Gasteiger partial charge in [0.1, 0.15) is 11.6 Å². The van der Waals surface area contributed by atoms with Gasteiger partial charge in [-0.1, -0.05) is 0 Å². The number of H-pyrrole nitrogens is 2. The van der Waals surface area contributed by atoms with Gasteiger partial charge < -0.3 is 9.97 Å². The fourth-order valence-electron chi connectivity index (χ4n) is 3.30. The van der Waals surface area contributed by atoms with Gasteiger partial charge in [0.2, 0.25) is 0 Å². The van der Waals surface area contributed by atoms with Crippen LogP contribution < -0.4 is 28.0 Å². The lowest BCUT2D eigenvalue weighted by Crippen LogP contribution is -2.58. The Kier molecular flexibility index (Phi) is 9.56. The highest BCUT2D eigenvalue weighted by atomic mass is 35.7. The Morgan fingerprint density at radius 1 is 0.629 bits per heavy atom. The van der Waals surface area contributed by atoms with Gasteiger partial charge in [0.15, 0.2) is 0 Å². The predicted molar refractivity (Wildman–Crippen MR) is 108 cm³/mol. The molecule has 0 atom stereocenters. The normalized spacial score (nSPS) is 11.8. The van der Waals surface area contributed by atoms with Gasteiger partial charge in [-0.3, -0.25) is 0 Å².